The molecule has 1 saturated heterocycles. The Labute approximate surface area is 166 Å². The summed E-state index contributed by atoms with van der Waals surface area (Å²) in [5, 5.41) is 3.43. The lowest BCUT2D eigenvalue weighted by molar-refractivity contribution is -0.122. The maximum absolute atomic E-state index is 12.6. The van der Waals surface area contributed by atoms with Crippen molar-refractivity contribution in [2.24, 2.45) is 0 Å². The second-order valence-corrected chi connectivity index (χ2v) is 7.99. The fourth-order valence-corrected chi connectivity index (χ4v) is 3.86. The van der Waals surface area contributed by atoms with Gasteiger partial charge in [-0.05, 0) is 66.4 Å². The molecular formula is C19H17ClN2O2S2. The summed E-state index contributed by atoms with van der Waals surface area (Å²) in [5.74, 6) is -0.291. The van der Waals surface area contributed by atoms with Crippen LogP contribution in [0.15, 0.2) is 52.3 Å². The highest BCUT2D eigenvalue weighted by molar-refractivity contribution is 8.18. The lowest BCUT2D eigenvalue weighted by Gasteiger charge is -2.16. The van der Waals surface area contributed by atoms with E-state index in [2.05, 4.69) is 5.32 Å². The number of hydrogen-bond acceptors (Lipinski definition) is 5. The summed E-state index contributed by atoms with van der Waals surface area (Å²) in [6, 6.07) is 13.3. The van der Waals surface area contributed by atoms with Gasteiger partial charge in [0, 0.05) is 15.6 Å². The molecule has 0 aromatic heterocycles. The lowest BCUT2D eigenvalue weighted by Crippen LogP contribution is -2.33. The molecule has 26 heavy (non-hydrogen) atoms. The van der Waals surface area contributed by atoms with Crippen LogP contribution >= 0.6 is 35.1 Å². The highest BCUT2D eigenvalue weighted by Crippen LogP contribution is 2.32. The van der Waals surface area contributed by atoms with E-state index in [1.54, 1.807) is 30.0 Å². The molecule has 3 rings (SSSR count). The summed E-state index contributed by atoms with van der Waals surface area (Å²) >= 11 is 8.61. The first-order valence-corrected chi connectivity index (χ1v) is 10.3. The van der Waals surface area contributed by atoms with Gasteiger partial charge in [-0.3, -0.25) is 14.5 Å². The van der Waals surface area contributed by atoms with Gasteiger partial charge in [0.2, 0.25) is 0 Å². The number of benzene rings is 2. The Bertz CT molecular complexity index is 882. The van der Waals surface area contributed by atoms with Gasteiger partial charge < -0.3 is 5.32 Å². The van der Waals surface area contributed by atoms with Crippen molar-refractivity contribution in [2.75, 3.05) is 18.2 Å². The molecule has 0 spiro atoms. The molecule has 0 unspecified atom stereocenters. The van der Waals surface area contributed by atoms with Crippen LogP contribution in [0.2, 0.25) is 5.02 Å². The van der Waals surface area contributed by atoms with Crippen LogP contribution in [0.25, 0.3) is 6.08 Å². The number of aryl methyl sites for hydroxylation is 1. The highest BCUT2D eigenvalue weighted by atomic mass is 35.5. The van der Waals surface area contributed by atoms with Crippen molar-refractivity contribution in [3.8, 4) is 0 Å². The number of hydrogen-bond donors (Lipinski definition) is 1. The van der Waals surface area contributed by atoms with Gasteiger partial charge in [-0.25, -0.2) is 0 Å². The predicted octanol–water partition coefficient (Wildman–Crippen LogP) is 5.48. The van der Waals surface area contributed by atoms with Gasteiger partial charge in [0.15, 0.2) is 0 Å². The maximum Gasteiger partial charge on any atom is 0.295 e. The number of imide groups is 1. The van der Waals surface area contributed by atoms with E-state index >= 15 is 0 Å². The first-order chi connectivity index (χ1) is 12.5. The first kappa shape index (κ1) is 18.9. The minimum atomic E-state index is -0.291. The number of rotatable bonds is 5. The monoisotopic (exact) mass is 404 g/mol. The molecule has 1 fully saturated rings. The second kappa shape index (κ2) is 8.20. The van der Waals surface area contributed by atoms with Crippen molar-refractivity contribution in [3.63, 3.8) is 0 Å². The van der Waals surface area contributed by atoms with E-state index in [1.807, 2.05) is 43.5 Å². The number of carbonyl (C=O) groups excluding carboxylic acids is 2. The molecule has 1 N–H and O–H groups in total. The molecule has 0 aliphatic carbocycles. The largest absolute Gasteiger partial charge is 0.367 e. The Morgan fingerprint density at radius 3 is 2.62 bits per heavy atom. The Morgan fingerprint density at radius 1 is 1.19 bits per heavy atom. The van der Waals surface area contributed by atoms with Crippen molar-refractivity contribution in [3.05, 3.63) is 63.5 Å². The van der Waals surface area contributed by atoms with Gasteiger partial charge in [-0.2, -0.15) is 0 Å². The molecule has 134 valence electrons. The summed E-state index contributed by atoms with van der Waals surface area (Å²) in [4.78, 5) is 27.6. The lowest BCUT2D eigenvalue weighted by atomic mass is 10.2. The van der Waals surface area contributed by atoms with E-state index in [-0.39, 0.29) is 17.8 Å². The van der Waals surface area contributed by atoms with Gasteiger partial charge in [0.05, 0.1) is 11.6 Å². The van der Waals surface area contributed by atoms with Crippen LogP contribution in [0, 0.1) is 6.92 Å². The Balaban J connectivity index is 1.72. The summed E-state index contributed by atoms with van der Waals surface area (Å²) in [7, 11) is 0. The van der Waals surface area contributed by atoms with E-state index in [1.165, 1.54) is 4.90 Å². The van der Waals surface area contributed by atoms with Crippen LogP contribution in [0.1, 0.15) is 11.1 Å². The number of anilines is 1. The zero-order valence-electron chi connectivity index (χ0n) is 14.3. The topological polar surface area (TPSA) is 49.4 Å². The minimum absolute atomic E-state index is 0.106. The molecule has 2 aromatic carbocycles. The van der Waals surface area contributed by atoms with Gasteiger partial charge in [-0.1, -0.05) is 29.8 Å². The molecular weight excluding hydrogens is 388 g/mol. The van der Waals surface area contributed by atoms with E-state index in [0.717, 1.165) is 33.5 Å². The number of carbonyl (C=O) groups is 2. The van der Waals surface area contributed by atoms with E-state index in [0.29, 0.717) is 9.93 Å². The summed E-state index contributed by atoms with van der Waals surface area (Å²) in [6.45, 7) is 2.04. The highest BCUT2D eigenvalue weighted by Gasteiger charge is 2.34. The van der Waals surface area contributed by atoms with Crippen LogP contribution in [-0.2, 0) is 4.79 Å². The average Bonchev–Trinajstić information content (AvgIpc) is 2.90. The van der Waals surface area contributed by atoms with Crippen molar-refractivity contribution >= 4 is 58.0 Å². The molecule has 0 atom stereocenters. The number of amides is 2. The normalized spacial score (nSPS) is 15.8. The van der Waals surface area contributed by atoms with Gasteiger partial charge in [0.25, 0.3) is 11.1 Å². The summed E-state index contributed by atoms with van der Waals surface area (Å²) in [6.07, 6.45) is 3.76. The van der Waals surface area contributed by atoms with Crippen molar-refractivity contribution in [2.45, 2.75) is 11.8 Å². The molecule has 2 aromatic rings. The molecule has 7 heteroatoms. The quantitative estimate of drug-likeness (QED) is 0.528. The summed E-state index contributed by atoms with van der Waals surface area (Å²) in [5.41, 5.74) is 2.69. The first-order valence-electron chi connectivity index (χ1n) is 7.87. The molecule has 1 aliphatic rings. The van der Waals surface area contributed by atoms with E-state index in [9.17, 15) is 9.59 Å². The molecule has 1 aliphatic heterocycles. The fraction of sp³-hybridized carbons (Fsp3) is 0.158. The van der Waals surface area contributed by atoms with Crippen molar-refractivity contribution < 1.29 is 9.59 Å². The molecule has 4 nitrogen and oxygen atoms in total. The average molecular weight is 405 g/mol. The summed E-state index contributed by atoms with van der Waals surface area (Å²) < 4.78 is 0. The van der Waals surface area contributed by atoms with Crippen LogP contribution in [0.4, 0.5) is 10.5 Å². The molecule has 0 bridgehead atoms. The second-order valence-electron chi connectivity index (χ2n) is 5.68. The van der Waals surface area contributed by atoms with Gasteiger partial charge in [0.1, 0.15) is 0 Å². The third kappa shape index (κ3) is 4.26. The third-order valence-corrected chi connectivity index (χ3v) is 5.80. The van der Waals surface area contributed by atoms with Crippen LogP contribution in [0.5, 0.6) is 0 Å². The van der Waals surface area contributed by atoms with Crippen molar-refractivity contribution in [1.82, 2.24) is 4.90 Å². The standard InChI is InChI=1S/C19H17ClN2O2S2/c1-12-3-6-14(20)10-16(12)21-11-22-18(23)17(26-19(22)24)9-13-4-7-15(25-2)8-5-13/h3-10,21H,11H2,1-2H3/b17-9+. The molecule has 0 radical (unpaired) electrons. The fourth-order valence-electron chi connectivity index (χ4n) is 2.44. The molecule has 1 heterocycles. The molecule has 0 saturated carbocycles. The van der Waals surface area contributed by atoms with Crippen LogP contribution < -0.4 is 5.32 Å². The molecule has 2 amide bonds. The Morgan fingerprint density at radius 2 is 1.92 bits per heavy atom. The Hall–Kier alpha value is -1.89. The smallest absolute Gasteiger partial charge is 0.295 e. The van der Waals surface area contributed by atoms with Crippen LogP contribution in [-0.4, -0.2) is 29.0 Å². The SMILES string of the molecule is CSc1ccc(/C=C2/SC(=O)N(CNc3cc(Cl)ccc3C)C2=O)cc1. The van der Waals surface area contributed by atoms with E-state index in [4.69, 9.17) is 11.6 Å². The zero-order valence-corrected chi connectivity index (χ0v) is 16.7. The maximum atomic E-state index is 12.6. The third-order valence-electron chi connectivity index (χ3n) is 3.91. The number of nitrogens with one attached hydrogen (secondary N) is 1. The number of thioether (sulfide) groups is 2. The van der Waals surface area contributed by atoms with Gasteiger partial charge >= 0.3 is 0 Å². The zero-order chi connectivity index (χ0) is 18.7. The Kier molecular flexibility index (Phi) is 5.96. The predicted molar refractivity (Wildman–Crippen MR) is 111 cm³/mol. The van der Waals surface area contributed by atoms with Crippen LogP contribution in [0.3, 0.4) is 0 Å². The number of nitrogens with zero attached hydrogens (tertiary/aromatic N) is 1. The number of halogens is 1. The van der Waals surface area contributed by atoms with Gasteiger partial charge in [-0.15, -0.1) is 11.8 Å². The minimum Gasteiger partial charge on any atom is -0.367 e. The van der Waals surface area contributed by atoms with E-state index < -0.39 is 0 Å². The van der Waals surface area contributed by atoms with Crippen molar-refractivity contribution in [1.29, 1.82) is 0 Å².